The van der Waals surface area contributed by atoms with Crippen LogP contribution >= 0.6 is 0 Å². The maximum Gasteiger partial charge on any atom is 0.122 e. The van der Waals surface area contributed by atoms with E-state index in [0.717, 1.165) is 5.56 Å². The Balaban J connectivity index is 2.92. The molecule has 0 spiro atoms. The zero-order valence-corrected chi connectivity index (χ0v) is 9.34. The highest BCUT2D eigenvalue weighted by Crippen LogP contribution is 2.25. The summed E-state index contributed by atoms with van der Waals surface area (Å²) in [6.07, 6.45) is -2.23. The quantitative estimate of drug-likeness (QED) is 0.804. The first-order chi connectivity index (χ1) is 7.60. The molecule has 1 rings (SSSR count). The molecule has 0 bridgehead atoms. The van der Waals surface area contributed by atoms with E-state index < -0.39 is 12.2 Å². The van der Waals surface area contributed by atoms with Gasteiger partial charge in [-0.25, -0.2) is 0 Å². The standard InChI is InChI=1S/C12H15NO3/c1-8-3-4-9(7-11(8)16-2)12(15)10(14)5-6-13/h3-4,7,10,12,14-15H,5H2,1-2H3. The Labute approximate surface area is 94.7 Å². The first-order valence-corrected chi connectivity index (χ1v) is 4.97. The van der Waals surface area contributed by atoms with Gasteiger partial charge in [0.15, 0.2) is 0 Å². The van der Waals surface area contributed by atoms with Crippen LogP contribution in [0, 0.1) is 18.3 Å². The average molecular weight is 221 g/mol. The lowest BCUT2D eigenvalue weighted by Gasteiger charge is -2.17. The van der Waals surface area contributed by atoms with Crippen LogP contribution in [-0.2, 0) is 0 Å². The number of aliphatic hydroxyl groups is 2. The fourth-order valence-electron chi connectivity index (χ4n) is 1.45. The number of benzene rings is 1. The molecular formula is C12H15NO3. The van der Waals surface area contributed by atoms with Crippen LogP contribution in [0.5, 0.6) is 5.75 Å². The van der Waals surface area contributed by atoms with Crippen molar-refractivity contribution < 1.29 is 14.9 Å². The molecule has 0 aliphatic rings. The van der Waals surface area contributed by atoms with E-state index in [1.807, 2.05) is 13.0 Å². The summed E-state index contributed by atoms with van der Waals surface area (Å²) in [6.45, 7) is 1.89. The highest BCUT2D eigenvalue weighted by molar-refractivity contribution is 5.37. The summed E-state index contributed by atoms with van der Waals surface area (Å²) in [7, 11) is 1.55. The molecule has 16 heavy (non-hydrogen) atoms. The van der Waals surface area contributed by atoms with E-state index >= 15 is 0 Å². The van der Waals surface area contributed by atoms with E-state index in [4.69, 9.17) is 10.00 Å². The lowest BCUT2D eigenvalue weighted by Crippen LogP contribution is -2.17. The number of nitriles is 1. The minimum Gasteiger partial charge on any atom is -0.496 e. The Bertz CT molecular complexity index is 398. The number of aryl methyl sites for hydroxylation is 1. The second-order valence-corrected chi connectivity index (χ2v) is 3.60. The van der Waals surface area contributed by atoms with Gasteiger partial charge in [-0.3, -0.25) is 0 Å². The number of hydrogen-bond donors (Lipinski definition) is 2. The highest BCUT2D eigenvalue weighted by Gasteiger charge is 2.18. The van der Waals surface area contributed by atoms with Crippen LogP contribution in [-0.4, -0.2) is 23.4 Å². The van der Waals surface area contributed by atoms with Crippen LogP contribution in [0.25, 0.3) is 0 Å². The van der Waals surface area contributed by atoms with E-state index in [1.54, 1.807) is 25.3 Å². The molecule has 0 heterocycles. The fraction of sp³-hybridized carbons (Fsp3) is 0.417. The second kappa shape index (κ2) is 5.50. The number of hydrogen-bond acceptors (Lipinski definition) is 4. The third-order valence-corrected chi connectivity index (χ3v) is 2.44. The summed E-state index contributed by atoms with van der Waals surface area (Å²) in [5.74, 6) is 0.653. The van der Waals surface area contributed by atoms with Crippen molar-refractivity contribution in [3.63, 3.8) is 0 Å². The van der Waals surface area contributed by atoms with E-state index in [-0.39, 0.29) is 6.42 Å². The van der Waals surface area contributed by atoms with Gasteiger partial charge in [-0.05, 0) is 24.1 Å². The van der Waals surface area contributed by atoms with Gasteiger partial charge in [-0.2, -0.15) is 5.26 Å². The number of ether oxygens (including phenoxy) is 1. The molecule has 1 aromatic rings. The molecule has 0 aliphatic carbocycles. The van der Waals surface area contributed by atoms with Gasteiger partial charge >= 0.3 is 0 Å². The van der Waals surface area contributed by atoms with Crippen molar-refractivity contribution in [3.05, 3.63) is 29.3 Å². The minimum atomic E-state index is -1.07. The Morgan fingerprint density at radius 1 is 1.44 bits per heavy atom. The van der Waals surface area contributed by atoms with Crippen molar-refractivity contribution in [2.75, 3.05) is 7.11 Å². The van der Waals surface area contributed by atoms with Gasteiger partial charge in [-0.15, -0.1) is 0 Å². The largest absolute Gasteiger partial charge is 0.496 e. The molecule has 86 valence electrons. The summed E-state index contributed by atoms with van der Waals surface area (Å²) in [6, 6.07) is 7.00. The van der Waals surface area contributed by atoms with Crippen molar-refractivity contribution in [1.82, 2.24) is 0 Å². The van der Waals surface area contributed by atoms with E-state index in [2.05, 4.69) is 0 Å². The van der Waals surface area contributed by atoms with Gasteiger partial charge in [0.2, 0.25) is 0 Å². The van der Waals surface area contributed by atoms with Crippen molar-refractivity contribution in [1.29, 1.82) is 5.26 Å². The van der Waals surface area contributed by atoms with Gasteiger partial charge in [0.05, 0.1) is 25.7 Å². The maximum absolute atomic E-state index is 9.77. The molecular weight excluding hydrogens is 206 g/mol. The molecule has 0 aromatic heterocycles. The summed E-state index contributed by atoms with van der Waals surface area (Å²) >= 11 is 0. The zero-order valence-electron chi connectivity index (χ0n) is 9.34. The van der Waals surface area contributed by atoms with Gasteiger partial charge in [-0.1, -0.05) is 12.1 Å². The van der Waals surface area contributed by atoms with Crippen LogP contribution in [0.15, 0.2) is 18.2 Å². The molecule has 0 saturated carbocycles. The van der Waals surface area contributed by atoms with Crippen molar-refractivity contribution in [2.24, 2.45) is 0 Å². The van der Waals surface area contributed by atoms with E-state index in [0.29, 0.717) is 11.3 Å². The molecule has 0 amide bonds. The molecule has 4 nitrogen and oxygen atoms in total. The van der Waals surface area contributed by atoms with Crippen LogP contribution in [0.2, 0.25) is 0 Å². The first kappa shape index (κ1) is 12.5. The average Bonchev–Trinajstić information content (AvgIpc) is 2.29. The highest BCUT2D eigenvalue weighted by atomic mass is 16.5. The number of nitrogens with zero attached hydrogens (tertiary/aromatic N) is 1. The Morgan fingerprint density at radius 2 is 2.12 bits per heavy atom. The van der Waals surface area contributed by atoms with Crippen LogP contribution < -0.4 is 4.74 Å². The minimum absolute atomic E-state index is 0.0998. The van der Waals surface area contributed by atoms with Gasteiger partial charge in [0.25, 0.3) is 0 Å². The van der Waals surface area contributed by atoms with Crippen LogP contribution in [0.1, 0.15) is 23.7 Å². The molecule has 2 unspecified atom stereocenters. The molecule has 0 aliphatic heterocycles. The lowest BCUT2D eigenvalue weighted by atomic mass is 10.0. The van der Waals surface area contributed by atoms with Gasteiger partial charge in [0, 0.05) is 0 Å². The Kier molecular flexibility index (Phi) is 4.29. The third-order valence-electron chi connectivity index (χ3n) is 2.44. The summed E-state index contributed by atoms with van der Waals surface area (Å²) in [4.78, 5) is 0. The second-order valence-electron chi connectivity index (χ2n) is 3.60. The number of methoxy groups -OCH3 is 1. The van der Waals surface area contributed by atoms with Crippen molar-refractivity contribution in [3.8, 4) is 11.8 Å². The van der Waals surface area contributed by atoms with Crippen LogP contribution in [0.4, 0.5) is 0 Å². The summed E-state index contributed by atoms with van der Waals surface area (Å²) in [5, 5.41) is 27.7. The Hall–Kier alpha value is -1.57. The molecule has 4 heteroatoms. The van der Waals surface area contributed by atoms with Crippen molar-refractivity contribution >= 4 is 0 Å². The molecule has 2 atom stereocenters. The predicted molar refractivity (Wildman–Crippen MR) is 58.9 cm³/mol. The lowest BCUT2D eigenvalue weighted by molar-refractivity contribution is 0.0215. The third kappa shape index (κ3) is 2.72. The van der Waals surface area contributed by atoms with Gasteiger partial charge in [0.1, 0.15) is 11.9 Å². The van der Waals surface area contributed by atoms with Gasteiger partial charge < -0.3 is 14.9 Å². The van der Waals surface area contributed by atoms with E-state index in [9.17, 15) is 10.2 Å². The fourth-order valence-corrected chi connectivity index (χ4v) is 1.45. The molecule has 0 saturated heterocycles. The van der Waals surface area contributed by atoms with E-state index in [1.165, 1.54) is 0 Å². The van der Waals surface area contributed by atoms with Crippen LogP contribution in [0.3, 0.4) is 0 Å². The SMILES string of the molecule is COc1cc(C(O)C(O)CC#N)ccc1C. The normalized spacial score (nSPS) is 13.9. The Morgan fingerprint density at radius 3 is 2.69 bits per heavy atom. The van der Waals surface area contributed by atoms with Crippen molar-refractivity contribution in [2.45, 2.75) is 25.6 Å². The zero-order chi connectivity index (χ0) is 12.1. The molecule has 1 aromatic carbocycles. The molecule has 0 radical (unpaired) electrons. The topological polar surface area (TPSA) is 73.5 Å². The maximum atomic E-state index is 9.77. The monoisotopic (exact) mass is 221 g/mol. The number of rotatable bonds is 4. The summed E-state index contributed by atoms with van der Waals surface area (Å²) < 4.78 is 5.12. The smallest absolute Gasteiger partial charge is 0.122 e. The first-order valence-electron chi connectivity index (χ1n) is 4.97. The summed E-state index contributed by atoms with van der Waals surface area (Å²) in [5.41, 5.74) is 1.50. The molecule has 0 fully saturated rings. The molecule has 2 N–H and O–H groups in total. The number of aliphatic hydroxyl groups excluding tert-OH is 2. The predicted octanol–water partition coefficient (Wildman–Crippen LogP) is 1.31.